The molecule has 1 N–H and O–H groups in total. The minimum Gasteiger partial charge on any atom is -0.505 e. The van der Waals surface area contributed by atoms with Crippen molar-refractivity contribution in [3.05, 3.63) is 59.3 Å². The van der Waals surface area contributed by atoms with E-state index < -0.39 is 17.4 Å². The lowest BCUT2D eigenvalue weighted by atomic mass is 10.1. The Labute approximate surface area is 131 Å². The molecule has 1 heterocycles. The van der Waals surface area contributed by atoms with Crippen LogP contribution in [0, 0.1) is 34.8 Å². The van der Waals surface area contributed by atoms with Crippen LogP contribution < -0.4 is 0 Å². The van der Waals surface area contributed by atoms with Crippen molar-refractivity contribution in [2.24, 2.45) is 0 Å². The number of phenols is 1. The van der Waals surface area contributed by atoms with Crippen LogP contribution >= 0.6 is 0 Å². The SMILES string of the molecule is CC#Cc1c(C#N)c2ccccc2n1-c1ccc(O)c(F)c1F. The van der Waals surface area contributed by atoms with Gasteiger partial charge in [-0.3, -0.25) is 4.57 Å². The summed E-state index contributed by atoms with van der Waals surface area (Å²) in [5.41, 5.74) is 0.990. The van der Waals surface area contributed by atoms with Crippen molar-refractivity contribution in [1.29, 1.82) is 5.26 Å². The molecule has 0 aliphatic carbocycles. The first-order chi connectivity index (χ1) is 11.1. The molecular weight excluding hydrogens is 298 g/mol. The maximum Gasteiger partial charge on any atom is 0.202 e. The minimum atomic E-state index is -1.34. The zero-order valence-corrected chi connectivity index (χ0v) is 12.1. The molecule has 0 bridgehead atoms. The molecule has 3 aromatic rings. The maximum absolute atomic E-state index is 14.3. The summed E-state index contributed by atoms with van der Waals surface area (Å²) < 4.78 is 29.5. The Bertz CT molecular complexity index is 1030. The van der Waals surface area contributed by atoms with Crippen molar-refractivity contribution in [3.8, 4) is 29.3 Å². The van der Waals surface area contributed by atoms with E-state index in [1.54, 1.807) is 31.2 Å². The van der Waals surface area contributed by atoms with Crippen LogP contribution in [0.2, 0.25) is 0 Å². The second-order valence-corrected chi connectivity index (χ2v) is 4.79. The van der Waals surface area contributed by atoms with Gasteiger partial charge in [0.05, 0.1) is 16.8 Å². The van der Waals surface area contributed by atoms with Crippen LogP contribution in [-0.2, 0) is 0 Å². The van der Waals surface area contributed by atoms with Crippen molar-refractivity contribution < 1.29 is 13.9 Å². The summed E-state index contributed by atoms with van der Waals surface area (Å²) in [7, 11) is 0. The largest absolute Gasteiger partial charge is 0.505 e. The molecule has 0 saturated heterocycles. The summed E-state index contributed by atoms with van der Waals surface area (Å²) in [6, 6.07) is 11.3. The van der Waals surface area contributed by atoms with Crippen LogP contribution in [0.15, 0.2) is 36.4 Å². The van der Waals surface area contributed by atoms with E-state index in [-0.39, 0.29) is 11.4 Å². The predicted molar refractivity (Wildman–Crippen MR) is 82.1 cm³/mol. The van der Waals surface area contributed by atoms with E-state index in [4.69, 9.17) is 0 Å². The summed E-state index contributed by atoms with van der Waals surface area (Å²) in [5, 5.41) is 19.3. The Morgan fingerprint density at radius 2 is 1.83 bits per heavy atom. The number of aromatic nitrogens is 1. The molecule has 23 heavy (non-hydrogen) atoms. The number of hydrogen-bond acceptors (Lipinski definition) is 2. The molecule has 2 aromatic carbocycles. The van der Waals surface area contributed by atoms with Crippen LogP contribution in [0.1, 0.15) is 18.2 Å². The number of nitriles is 1. The summed E-state index contributed by atoms with van der Waals surface area (Å²) >= 11 is 0. The zero-order valence-electron chi connectivity index (χ0n) is 12.1. The highest BCUT2D eigenvalue weighted by Crippen LogP contribution is 2.32. The molecule has 0 aliphatic heterocycles. The molecule has 1 aromatic heterocycles. The Kier molecular flexibility index (Phi) is 3.48. The zero-order chi connectivity index (χ0) is 16.6. The van der Waals surface area contributed by atoms with Crippen LogP contribution in [0.3, 0.4) is 0 Å². The lowest BCUT2D eigenvalue weighted by Gasteiger charge is -2.10. The third kappa shape index (κ3) is 2.11. The van der Waals surface area contributed by atoms with E-state index in [0.717, 1.165) is 6.07 Å². The number of nitrogens with zero attached hydrogens (tertiary/aromatic N) is 2. The third-order valence-corrected chi connectivity index (χ3v) is 3.51. The van der Waals surface area contributed by atoms with Crippen molar-refractivity contribution in [1.82, 2.24) is 4.57 Å². The fourth-order valence-corrected chi connectivity index (χ4v) is 2.54. The quantitative estimate of drug-likeness (QED) is 0.694. The molecule has 0 radical (unpaired) electrons. The molecule has 0 saturated carbocycles. The standard InChI is InChI=1S/C18H10F2N2O/c1-2-5-13-12(10-21)11-6-3-4-7-14(11)22(13)15-8-9-16(23)18(20)17(15)19/h3-4,6-9,23H,1H3. The minimum absolute atomic E-state index is 0.115. The molecule has 0 aliphatic rings. The summed E-state index contributed by atoms with van der Waals surface area (Å²) in [6.45, 7) is 1.59. The van der Waals surface area contributed by atoms with Crippen LogP contribution in [0.4, 0.5) is 8.78 Å². The van der Waals surface area contributed by atoms with Gasteiger partial charge in [-0.1, -0.05) is 24.1 Å². The number of para-hydroxylation sites is 1. The van der Waals surface area contributed by atoms with Crippen LogP contribution in [0.5, 0.6) is 5.75 Å². The fraction of sp³-hybridized carbons (Fsp3) is 0.0556. The first-order valence-electron chi connectivity index (χ1n) is 6.73. The summed E-state index contributed by atoms with van der Waals surface area (Å²) in [6.07, 6.45) is 0. The highest BCUT2D eigenvalue weighted by atomic mass is 19.2. The van der Waals surface area contributed by atoms with Gasteiger partial charge in [-0.05, 0) is 31.0 Å². The van der Waals surface area contributed by atoms with Gasteiger partial charge in [-0.25, -0.2) is 4.39 Å². The van der Waals surface area contributed by atoms with E-state index in [1.165, 1.54) is 10.6 Å². The van der Waals surface area contributed by atoms with Gasteiger partial charge in [0.1, 0.15) is 11.8 Å². The number of rotatable bonds is 1. The normalized spacial score (nSPS) is 10.2. The number of halogens is 2. The van der Waals surface area contributed by atoms with Crippen molar-refractivity contribution >= 4 is 10.9 Å². The molecule has 5 heteroatoms. The molecule has 112 valence electrons. The Hall–Kier alpha value is -3.31. The predicted octanol–water partition coefficient (Wildman–Crippen LogP) is 3.86. The molecule has 0 spiro atoms. The maximum atomic E-state index is 14.3. The molecule has 0 unspecified atom stereocenters. The van der Waals surface area contributed by atoms with Gasteiger partial charge in [0, 0.05) is 5.39 Å². The van der Waals surface area contributed by atoms with Crippen molar-refractivity contribution in [2.45, 2.75) is 6.92 Å². The topological polar surface area (TPSA) is 49.0 Å². The van der Waals surface area contributed by atoms with Gasteiger partial charge in [0.15, 0.2) is 11.6 Å². The van der Waals surface area contributed by atoms with E-state index in [9.17, 15) is 19.1 Å². The van der Waals surface area contributed by atoms with E-state index in [2.05, 4.69) is 17.9 Å². The molecule has 3 nitrogen and oxygen atoms in total. The number of hydrogen-bond donors (Lipinski definition) is 1. The molecule has 0 amide bonds. The second-order valence-electron chi connectivity index (χ2n) is 4.79. The lowest BCUT2D eigenvalue weighted by Crippen LogP contribution is -2.03. The van der Waals surface area contributed by atoms with Gasteiger partial charge >= 0.3 is 0 Å². The highest BCUT2D eigenvalue weighted by molar-refractivity contribution is 5.91. The lowest BCUT2D eigenvalue weighted by molar-refractivity contribution is 0.406. The van der Waals surface area contributed by atoms with E-state index in [0.29, 0.717) is 16.5 Å². The third-order valence-electron chi connectivity index (χ3n) is 3.51. The van der Waals surface area contributed by atoms with Crippen molar-refractivity contribution in [2.75, 3.05) is 0 Å². The highest BCUT2D eigenvalue weighted by Gasteiger charge is 2.21. The van der Waals surface area contributed by atoms with Gasteiger partial charge in [-0.15, -0.1) is 0 Å². The molecular formula is C18H10F2N2O. The molecule has 0 fully saturated rings. The Balaban J connectivity index is 2.51. The van der Waals surface area contributed by atoms with Gasteiger partial charge < -0.3 is 5.11 Å². The van der Waals surface area contributed by atoms with E-state index >= 15 is 0 Å². The molecule has 0 atom stereocenters. The average molecular weight is 308 g/mol. The fourth-order valence-electron chi connectivity index (χ4n) is 2.54. The monoisotopic (exact) mass is 308 g/mol. The Morgan fingerprint density at radius 3 is 2.52 bits per heavy atom. The van der Waals surface area contributed by atoms with Gasteiger partial charge in [-0.2, -0.15) is 9.65 Å². The second kappa shape index (κ2) is 5.47. The first-order valence-corrected chi connectivity index (χ1v) is 6.73. The number of phenolic OH excluding ortho intramolecular Hbond substituents is 1. The smallest absolute Gasteiger partial charge is 0.202 e. The van der Waals surface area contributed by atoms with Crippen LogP contribution in [-0.4, -0.2) is 9.67 Å². The molecule has 3 rings (SSSR count). The van der Waals surface area contributed by atoms with Crippen molar-refractivity contribution in [3.63, 3.8) is 0 Å². The number of fused-ring (bicyclic) bond motifs is 1. The average Bonchev–Trinajstić information content (AvgIpc) is 2.87. The van der Waals surface area contributed by atoms with Crippen LogP contribution in [0.25, 0.3) is 16.6 Å². The first kappa shape index (κ1) is 14.6. The van der Waals surface area contributed by atoms with E-state index in [1.807, 2.05) is 0 Å². The summed E-state index contributed by atoms with van der Waals surface area (Å²) in [5.74, 6) is 2.16. The number of benzene rings is 2. The Morgan fingerprint density at radius 1 is 1.09 bits per heavy atom. The summed E-state index contributed by atoms with van der Waals surface area (Å²) in [4.78, 5) is 0. The van der Waals surface area contributed by atoms with Gasteiger partial charge in [0.2, 0.25) is 5.82 Å². The van der Waals surface area contributed by atoms with Gasteiger partial charge in [0.25, 0.3) is 0 Å². The number of aromatic hydroxyl groups is 1.